The van der Waals surface area contributed by atoms with Crippen LogP contribution in [0.2, 0.25) is 0 Å². The van der Waals surface area contributed by atoms with Gasteiger partial charge >= 0.3 is 17.5 Å². The number of anilines is 1. The van der Waals surface area contributed by atoms with Gasteiger partial charge in [0, 0.05) is 16.7 Å². The zero-order valence-electron chi connectivity index (χ0n) is 23.0. The van der Waals surface area contributed by atoms with E-state index < -0.39 is 12.3 Å². The molecule has 5 aromatic rings. The SMILES string of the molecule is COc1cc(C)c(-[n+]2c(C(=O)O)csc2NN=Cc2ccc(-c3ncn(-c4ccc(OC(F)(F)F)cc4)n3)cc2)c(C)c1. The van der Waals surface area contributed by atoms with E-state index in [0.717, 1.165) is 22.4 Å². The number of halogens is 3. The van der Waals surface area contributed by atoms with Crippen molar-refractivity contribution in [3.8, 4) is 34.3 Å². The van der Waals surface area contributed by atoms with Gasteiger partial charge in [0.2, 0.25) is 5.69 Å². The smallest absolute Gasteiger partial charge is 0.497 e. The van der Waals surface area contributed by atoms with Crippen LogP contribution >= 0.6 is 11.3 Å². The zero-order chi connectivity index (χ0) is 30.7. The minimum atomic E-state index is -4.76. The number of aromatic carboxylic acids is 1. The van der Waals surface area contributed by atoms with Gasteiger partial charge in [-0.1, -0.05) is 40.7 Å². The molecular weight excluding hydrogens is 585 g/mol. The fraction of sp³-hybridized carbons (Fsp3) is 0.138. The number of carboxylic acid groups (broad SMARTS) is 1. The quantitative estimate of drug-likeness (QED) is 0.121. The van der Waals surface area contributed by atoms with E-state index in [0.29, 0.717) is 28.0 Å². The second-order valence-corrected chi connectivity index (χ2v) is 10.1. The number of nitrogens with zero attached hydrogens (tertiary/aromatic N) is 5. The van der Waals surface area contributed by atoms with Gasteiger partial charge < -0.3 is 14.6 Å². The van der Waals surface area contributed by atoms with E-state index >= 15 is 0 Å². The molecule has 0 saturated carbocycles. The number of hydrogen-bond donors (Lipinski definition) is 2. The van der Waals surface area contributed by atoms with Crippen molar-refractivity contribution in [3.05, 3.63) is 94.8 Å². The Balaban J connectivity index is 1.30. The zero-order valence-corrected chi connectivity index (χ0v) is 23.8. The molecule has 0 atom stereocenters. The van der Waals surface area contributed by atoms with Gasteiger partial charge in [-0.05, 0) is 55.8 Å². The van der Waals surface area contributed by atoms with Crippen molar-refractivity contribution in [2.75, 3.05) is 12.5 Å². The van der Waals surface area contributed by atoms with Gasteiger partial charge in [-0.3, -0.25) is 0 Å². The summed E-state index contributed by atoms with van der Waals surface area (Å²) in [6, 6.07) is 16.2. The van der Waals surface area contributed by atoms with Crippen LogP contribution in [-0.4, -0.2) is 45.5 Å². The fourth-order valence-corrected chi connectivity index (χ4v) is 5.19. The molecule has 0 amide bonds. The van der Waals surface area contributed by atoms with Crippen LogP contribution in [0, 0.1) is 13.8 Å². The number of carbonyl (C=O) groups is 1. The average Bonchev–Trinajstić information content (AvgIpc) is 3.61. The summed E-state index contributed by atoms with van der Waals surface area (Å²) in [7, 11) is 1.58. The van der Waals surface area contributed by atoms with E-state index in [1.165, 1.54) is 46.6 Å². The number of alkyl halides is 3. The lowest BCUT2D eigenvalue weighted by molar-refractivity contribution is -0.579. The maximum Gasteiger partial charge on any atom is 0.573 e. The number of aromatic nitrogens is 4. The number of ether oxygens (including phenoxy) is 2. The largest absolute Gasteiger partial charge is 0.573 e. The van der Waals surface area contributed by atoms with Gasteiger partial charge in [-0.15, -0.1) is 23.7 Å². The van der Waals surface area contributed by atoms with Gasteiger partial charge in [0.15, 0.2) is 5.82 Å². The number of nitrogens with one attached hydrogen (secondary N) is 1. The van der Waals surface area contributed by atoms with Crippen molar-refractivity contribution < 1.29 is 37.1 Å². The molecule has 43 heavy (non-hydrogen) atoms. The molecule has 2 aromatic heterocycles. The highest BCUT2D eigenvalue weighted by atomic mass is 32.1. The van der Waals surface area contributed by atoms with Crippen molar-refractivity contribution in [2.45, 2.75) is 20.2 Å². The van der Waals surface area contributed by atoms with E-state index in [4.69, 9.17) is 4.74 Å². The molecule has 14 heteroatoms. The number of thiazole rings is 1. The Kier molecular flexibility index (Phi) is 8.12. The maximum atomic E-state index is 12.4. The molecule has 0 aliphatic heterocycles. The second-order valence-electron chi connectivity index (χ2n) is 9.22. The molecule has 0 saturated heterocycles. The van der Waals surface area contributed by atoms with Gasteiger partial charge in [-0.2, -0.15) is 4.57 Å². The molecule has 0 aliphatic carbocycles. The number of rotatable bonds is 9. The molecule has 220 valence electrons. The van der Waals surface area contributed by atoms with Crippen LogP contribution in [-0.2, 0) is 0 Å². The summed E-state index contributed by atoms with van der Waals surface area (Å²) in [5.41, 5.74) is 7.45. The molecule has 0 fully saturated rings. The first-order valence-corrected chi connectivity index (χ1v) is 13.5. The third kappa shape index (κ3) is 6.64. The minimum absolute atomic E-state index is 0.0981. The Morgan fingerprint density at radius 2 is 1.74 bits per heavy atom. The molecule has 2 heterocycles. The molecule has 0 radical (unpaired) electrons. The van der Waals surface area contributed by atoms with Gasteiger partial charge in [0.25, 0.3) is 0 Å². The van der Waals surface area contributed by atoms with Crippen molar-refractivity contribution in [1.29, 1.82) is 0 Å². The molecule has 0 bridgehead atoms. The van der Waals surface area contributed by atoms with Gasteiger partial charge in [0.05, 0.1) is 24.4 Å². The molecule has 10 nitrogen and oxygen atoms in total. The van der Waals surface area contributed by atoms with Gasteiger partial charge in [-0.25, -0.2) is 14.5 Å². The van der Waals surface area contributed by atoms with Crippen molar-refractivity contribution >= 4 is 28.7 Å². The van der Waals surface area contributed by atoms with Crippen molar-refractivity contribution in [2.24, 2.45) is 5.10 Å². The molecule has 0 spiro atoms. The first-order valence-electron chi connectivity index (χ1n) is 12.6. The highest BCUT2D eigenvalue weighted by molar-refractivity contribution is 7.13. The van der Waals surface area contributed by atoms with Crippen LogP contribution in [0.15, 0.2) is 77.5 Å². The Morgan fingerprint density at radius 1 is 1.07 bits per heavy atom. The number of aryl methyl sites for hydroxylation is 2. The summed E-state index contributed by atoms with van der Waals surface area (Å²) in [6.07, 6.45) is -1.71. The number of carboxylic acids is 1. The molecule has 0 unspecified atom stereocenters. The summed E-state index contributed by atoms with van der Waals surface area (Å²) >= 11 is 1.22. The molecule has 0 aliphatic rings. The van der Waals surface area contributed by atoms with E-state index in [9.17, 15) is 23.1 Å². The Morgan fingerprint density at radius 3 is 2.35 bits per heavy atom. The maximum absolute atomic E-state index is 12.4. The van der Waals surface area contributed by atoms with E-state index in [1.807, 2.05) is 38.1 Å². The van der Waals surface area contributed by atoms with E-state index in [1.54, 1.807) is 35.4 Å². The van der Waals surface area contributed by atoms with E-state index in [2.05, 4.69) is 25.3 Å². The van der Waals surface area contributed by atoms with Gasteiger partial charge in [0.1, 0.15) is 23.5 Å². The third-order valence-corrected chi connectivity index (χ3v) is 7.08. The molecule has 3 aromatic carbocycles. The molecular formula is C29H24F3N6O4S+. The van der Waals surface area contributed by atoms with Crippen LogP contribution in [0.3, 0.4) is 0 Å². The van der Waals surface area contributed by atoms with Crippen molar-refractivity contribution in [1.82, 2.24) is 14.8 Å². The Bertz CT molecular complexity index is 1780. The molecule has 2 N–H and O–H groups in total. The topological polar surface area (TPSA) is 115 Å². The lowest BCUT2D eigenvalue weighted by Crippen LogP contribution is -2.39. The second kappa shape index (κ2) is 11.9. The Labute approximate surface area is 247 Å². The van der Waals surface area contributed by atoms with Crippen LogP contribution in [0.5, 0.6) is 11.5 Å². The lowest BCUT2D eigenvalue weighted by atomic mass is 10.1. The monoisotopic (exact) mass is 609 g/mol. The average molecular weight is 610 g/mol. The normalized spacial score (nSPS) is 11.6. The number of hydrogen-bond acceptors (Lipinski definition) is 8. The molecule has 5 rings (SSSR count). The first-order chi connectivity index (χ1) is 20.5. The first kappa shape index (κ1) is 29.3. The van der Waals surface area contributed by atoms with Crippen LogP contribution in [0.25, 0.3) is 22.8 Å². The minimum Gasteiger partial charge on any atom is -0.497 e. The highest BCUT2D eigenvalue weighted by Gasteiger charge is 2.31. The number of methoxy groups -OCH3 is 1. The summed E-state index contributed by atoms with van der Waals surface area (Å²) in [5, 5.41) is 20.6. The predicted molar refractivity (Wildman–Crippen MR) is 154 cm³/mol. The summed E-state index contributed by atoms with van der Waals surface area (Å²) in [6.45, 7) is 3.77. The summed E-state index contributed by atoms with van der Waals surface area (Å²) < 4.78 is 49.5. The highest BCUT2D eigenvalue weighted by Crippen LogP contribution is 2.27. The third-order valence-electron chi connectivity index (χ3n) is 6.24. The van der Waals surface area contributed by atoms with Crippen LogP contribution < -0.4 is 19.5 Å². The van der Waals surface area contributed by atoms with E-state index in [-0.39, 0.29) is 11.4 Å². The Hall–Kier alpha value is -5.24. The van der Waals surface area contributed by atoms with Crippen LogP contribution in [0.4, 0.5) is 18.3 Å². The lowest BCUT2D eigenvalue weighted by Gasteiger charge is -2.11. The number of benzene rings is 3. The fourth-order valence-electron chi connectivity index (χ4n) is 4.36. The van der Waals surface area contributed by atoms with Crippen LogP contribution in [0.1, 0.15) is 27.2 Å². The summed E-state index contributed by atoms with van der Waals surface area (Å²) in [4.78, 5) is 16.3. The predicted octanol–water partition coefficient (Wildman–Crippen LogP) is 5.94. The van der Waals surface area contributed by atoms with Crippen molar-refractivity contribution in [3.63, 3.8) is 0 Å². The number of hydrazone groups is 1. The standard InChI is InChI=1S/C29H23F3N6O4S/c1-17-12-23(41-3)13-18(2)25(17)38-24(27(39)40)15-43-28(38)35-34-14-19-4-6-20(7-5-19)26-33-16-37(36-26)21-8-10-22(11-9-21)42-29(30,31)32/h4-16H,1-3H3,(H,39,40)/p+1. The summed E-state index contributed by atoms with van der Waals surface area (Å²) in [5.74, 6) is -0.297.